The van der Waals surface area contributed by atoms with Crippen molar-refractivity contribution in [2.75, 3.05) is 12.4 Å². The summed E-state index contributed by atoms with van der Waals surface area (Å²) in [6, 6.07) is 16.6. The monoisotopic (exact) mass is 379 g/mol. The summed E-state index contributed by atoms with van der Waals surface area (Å²) in [5.74, 6) is 1.40. The molecule has 27 heavy (non-hydrogen) atoms. The number of fused-ring (bicyclic) bond motifs is 1. The quantitative estimate of drug-likeness (QED) is 0.333. The van der Waals surface area contributed by atoms with Gasteiger partial charge in [-0.25, -0.2) is 4.98 Å². The SMILES string of the molecule is CCCCn1c(SCCOc2ccc(C#N)cc2)nc2ccccc2c1=O. The average Bonchev–Trinajstić information content (AvgIpc) is 2.71. The van der Waals surface area contributed by atoms with E-state index in [1.54, 1.807) is 28.8 Å². The highest BCUT2D eigenvalue weighted by atomic mass is 32.2. The fraction of sp³-hybridized carbons (Fsp3) is 0.286. The summed E-state index contributed by atoms with van der Waals surface area (Å²) in [5.41, 5.74) is 1.35. The number of aromatic nitrogens is 2. The first kappa shape index (κ1) is 19.0. The zero-order valence-electron chi connectivity index (χ0n) is 15.2. The largest absolute Gasteiger partial charge is 0.493 e. The molecule has 0 saturated carbocycles. The van der Waals surface area contributed by atoms with E-state index < -0.39 is 0 Å². The van der Waals surface area contributed by atoms with Gasteiger partial charge in [0.1, 0.15) is 5.75 Å². The minimum Gasteiger partial charge on any atom is -0.493 e. The molecule has 0 saturated heterocycles. The smallest absolute Gasteiger partial charge is 0.262 e. The molecule has 0 spiro atoms. The van der Waals surface area contributed by atoms with Crippen LogP contribution in [0.4, 0.5) is 0 Å². The van der Waals surface area contributed by atoms with E-state index in [4.69, 9.17) is 15.0 Å². The lowest BCUT2D eigenvalue weighted by atomic mass is 10.2. The summed E-state index contributed by atoms with van der Waals surface area (Å²) in [6.45, 7) is 3.27. The summed E-state index contributed by atoms with van der Waals surface area (Å²) in [5, 5.41) is 10.2. The number of nitrogens with zero attached hydrogens (tertiary/aromatic N) is 3. The van der Waals surface area contributed by atoms with E-state index in [2.05, 4.69) is 13.0 Å². The molecule has 0 bridgehead atoms. The second-order valence-electron chi connectivity index (χ2n) is 6.05. The Bertz CT molecular complexity index is 1010. The topological polar surface area (TPSA) is 67.9 Å². The molecule has 3 rings (SSSR count). The van der Waals surface area contributed by atoms with Crippen LogP contribution >= 0.6 is 11.8 Å². The Hall–Kier alpha value is -2.78. The van der Waals surface area contributed by atoms with Gasteiger partial charge in [0, 0.05) is 12.3 Å². The van der Waals surface area contributed by atoms with Gasteiger partial charge in [0.2, 0.25) is 0 Å². The Morgan fingerprint density at radius 2 is 1.96 bits per heavy atom. The number of para-hydroxylation sites is 1. The lowest BCUT2D eigenvalue weighted by Crippen LogP contribution is -2.23. The number of nitriles is 1. The van der Waals surface area contributed by atoms with Gasteiger partial charge in [-0.15, -0.1) is 0 Å². The normalized spacial score (nSPS) is 10.7. The maximum Gasteiger partial charge on any atom is 0.262 e. The van der Waals surface area contributed by atoms with E-state index in [0.717, 1.165) is 29.3 Å². The van der Waals surface area contributed by atoms with Crippen molar-refractivity contribution in [1.82, 2.24) is 9.55 Å². The van der Waals surface area contributed by atoms with Crippen LogP contribution in [0.2, 0.25) is 0 Å². The van der Waals surface area contributed by atoms with E-state index in [1.165, 1.54) is 11.8 Å². The van der Waals surface area contributed by atoms with Gasteiger partial charge >= 0.3 is 0 Å². The molecule has 6 heteroatoms. The highest BCUT2D eigenvalue weighted by molar-refractivity contribution is 7.99. The number of unbranched alkanes of at least 4 members (excludes halogenated alkanes) is 1. The molecule has 2 aromatic carbocycles. The van der Waals surface area contributed by atoms with Gasteiger partial charge < -0.3 is 4.74 Å². The molecule has 0 aliphatic heterocycles. The van der Waals surface area contributed by atoms with Crippen molar-refractivity contribution >= 4 is 22.7 Å². The maximum absolute atomic E-state index is 12.8. The van der Waals surface area contributed by atoms with E-state index in [1.807, 2.05) is 24.3 Å². The van der Waals surface area contributed by atoms with Gasteiger partial charge in [-0.1, -0.05) is 37.2 Å². The summed E-state index contributed by atoms with van der Waals surface area (Å²) >= 11 is 1.53. The van der Waals surface area contributed by atoms with Crippen LogP contribution in [0.25, 0.3) is 10.9 Å². The number of rotatable bonds is 8. The molecule has 0 N–H and O–H groups in total. The Kier molecular flexibility index (Phi) is 6.50. The Morgan fingerprint density at radius 3 is 2.70 bits per heavy atom. The first-order valence-electron chi connectivity index (χ1n) is 8.98. The first-order chi connectivity index (χ1) is 13.2. The standard InChI is InChI=1S/C21H21N3O2S/c1-2-3-12-24-20(25)18-6-4-5-7-19(18)23-21(24)27-14-13-26-17-10-8-16(15-22)9-11-17/h4-11H,2-3,12-14H2,1H3. The van der Waals surface area contributed by atoms with Crippen molar-refractivity contribution < 1.29 is 4.74 Å². The zero-order valence-corrected chi connectivity index (χ0v) is 16.0. The van der Waals surface area contributed by atoms with Crippen LogP contribution < -0.4 is 10.3 Å². The Balaban J connectivity index is 1.71. The average molecular weight is 379 g/mol. The predicted octanol–water partition coefficient (Wildman–Crippen LogP) is 4.24. The van der Waals surface area contributed by atoms with Gasteiger partial charge in [-0.2, -0.15) is 5.26 Å². The third-order valence-electron chi connectivity index (χ3n) is 4.13. The highest BCUT2D eigenvalue weighted by Crippen LogP contribution is 2.19. The number of benzene rings is 2. The van der Waals surface area contributed by atoms with Gasteiger partial charge in [-0.3, -0.25) is 9.36 Å². The third kappa shape index (κ3) is 4.69. The van der Waals surface area contributed by atoms with Gasteiger partial charge in [0.25, 0.3) is 5.56 Å². The first-order valence-corrected chi connectivity index (χ1v) is 9.97. The van der Waals surface area contributed by atoms with Crippen LogP contribution in [0.5, 0.6) is 5.75 Å². The third-order valence-corrected chi connectivity index (χ3v) is 5.07. The van der Waals surface area contributed by atoms with Gasteiger partial charge in [-0.05, 0) is 42.8 Å². The predicted molar refractivity (Wildman–Crippen MR) is 108 cm³/mol. The van der Waals surface area contributed by atoms with Crippen molar-refractivity contribution in [3.05, 3.63) is 64.4 Å². The van der Waals surface area contributed by atoms with Crippen LogP contribution in [-0.4, -0.2) is 21.9 Å². The van der Waals surface area contributed by atoms with E-state index in [0.29, 0.717) is 29.9 Å². The van der Waals surface area contributed by atoms with Crippen LogP contribution in [-0.2, 0) is 6.54 Å². The molecule has 0 amide bonds. The molecule has 1 aromatic heterocycles. The summed E-state index contributed by atoms with van der Waals surface area (Å²) < 4.78 is 7.50. The second-order valence-corrected chi connectivity index (χ2v) is 7.12. The Labute approximate surface area is 162 Å². The van der Waals surface area contributed by atoms with Gasteiger partial charge in [0.15, 0.2) is 5.16 Å². The fourth-order valence-corrected chi connectivity index (χ4v) is 3.53. The van der Waals surface area contributed by atoms with Crippen LogP contribution in [0.15, 0.2) is 58.5 Å². The molecule has 3 aromatic rings. The van der Waals surface area contributed by atoms with E-state index in [-0.39, 0.29) is 5.56 Å². The minimum absolute atomic E-state index is 0.0181. The summed E-state index contributed by atoms with van der Waals surface area (Å²) in [7, 11) is 0. The van der Waals surface area contributed by atoms with Crippen LogP contribution in [0, 0.1) is 11.3 Å². The summed E-state index contributed by atoms with van der Waals surface area (Å²) in [6.07, 6.45) is 1.96. The minimum atomic E-state index is 0.0181. The lowest BCUT2D eigenvalue weighted by Gasteiger charge is -2.13. The van der Waals surface area contributed by atoms with E-state index in [9.17, 15) is 4.79 Å². The highest BCUT2D eigenvalue weighted by Gasteiger charge is 2.11. The van der Waals surface area contributed by atoms with Crippen molar-refractivity contribution in [2.45, 2.75) is 31.5 Å². The Morgan fingerprint density at radius 1 is 1.19 bits per heavy atom. The zero-order chi connectivity index (χ0) is 19.1. The number of hydrogen-bond acceptors (Lipinski definition) is 5. The molecule has 0 aliphatic rings. The number of hydrogen-bond donors (Lipinski definition) is 0. The molecule has 5 nitrogen and oxygen atoms in total. The molecular weight excluding hydrogens is 358 g/mol. The van der Waals surface area contributed by atoms with E-state index >= 15 is 0 Å². The molecule has 0 radical (unpaired) electrons. The van der Waals surface area contributed by atoms with Gasteiger partial charge in [0.05, 0.1) is 29.1 Å². The number of ether oxygens (including phenoxy) is 1. The van der Waals surface area contributed by atoms with Crippen molar-refractivity contribution in [3.8, 4) is 11.8 Å². The molecule has 0 aliphatic carbocycles. The molecule has 1 heterocycles. The van der Waals surface area contributed by atoms with Crippen LogP contribution in [0.1, 0.15) is 25.3 Å². The van der Waals surface area contributed by atoms with Crippen molar-refractivity contribution in [2.24, 2.45) is 0 Å². The molecule has 0 atom stereocenters. The van der Waals surface area contributed by atoms with Crippen molar-refractivity contribution in [3.63, 3.8) is 0 Å². The van der Waals surface area contributed by atoms with Crippen molar-refractivity contribution in [1.29, 1.82) is 5.26 Å². The molecule has 0 fully saturated rings. The fourth-order valence-electron chi connectivity index (χ4n) is 2.69. The second kappa shape index (κ2) is 9.24. The summed E-state index contributed by atoms with van der Waals surface area (Å²) in [4.78, 5) is 17.5. The molecular formula is C21H21N3O2S. The molecule has 138 valence electrons. The molecule has 0 unspecified atom stereocenters. The number of thioether (sulfide) groups is 1. The lowest BCUT2D eigenvalue weighted by molar-refractivity contribution is 0.343. The maximum atomic E-state index is 12.8. The van der Waals surface area contributed by atoms with Crippen LogP contribution in [0.3, 0.4) is 0 Å².